The number of benzene rings is 2. The van der Waals surface area contributed by atoms with E-state index >= 15 is 0 Å². The molecule has 0 heterocycles. The molecule has 1 unspecified atom stereocenters. The Bertz CT molecular complexity index is 778. The molecule has 0 aliphatic heterocycles. The fourth-order valence-electron chi connectivity index (χ4n) is 3.29. The molecule has 2 aromatic carbocycles. The van der Waals surface area contributed by atoms with Crippen LogP contribution in [-0.2, 0) is 17.8 Å². The third-order valence-corrected chi connectivity index (χ3v) is 5.31. The summed E-state index contributed by atoms with van der Waals surface area (Å²) >= 11 is 0. The van der Waals surface area contributed by atoms with Crippen LogP contribution in [0.25, 0.3) is 0 Å². The number of hydrogen-bond donors (Lipinski definition) is 2. The monoisotopic (exact) mass is 412 g/mol. The van der Waals surface area contributed by atoms with E-state index in [0.29, 0.717) is 13.0 Å². The van der Waals surface area contributed by atoms with Gasteiger partial charge in [-0.05, 0) is 63.3 Å². The van der Waals surface area contributed by atoms with Crippen molar-refractivity contribution in [1.82, 2.24) is 5.32 Å². The molecule has 2 rings (SSSR count). The summed E-state index contributed by atoms with van der Waals surface area (Å²) in [4.78, 5) is 12.4. The summed E-state index contributed by atoms with van der Waals surface area (Å²) in [6.07, 6.45) is 1.69. The minimum absolute atomic E-state index is 0.238. The summed E-state index contributed by atoms with van der Waals surface area (Å²) in [6, 6.07) is 17.8. The third-order valence-electron chi connectivity index (χ3n) is 5.31. The largest absolute Gasteiger partial charge is 0.489 e. The highest BCUT2D eigenvalue weighted by Crippen LogP contribution is 2.23. The van der Waals surface area contributed by atoms with E-state index in [1.165, 1.54) is 0 Å². The van der Waals surface area contributed by atoms with Crippen molar-refractivity contribution in [3.05, 3.63) is 65.7 Å². The number of nitrogens with one attached hydrogen (secondary N) is 1. The molecule has 164 valence electrons. The van der Waals surface area contributed by atoms with E-state index in [0.717, 1.165) is 29.7 Å². The van der Waals surface area contributed by atoms with Crippen molar-refractivity contribution in [1.29, 1.82) is 0 Å². The number of nitrogens with two attached hydrogens (primary N) is 1. The number of carbonyl (C=O) groups is 1. The van der Waals surface area contributed by atoms with Gasteiger partial charge in [0.05, 0.1) is 6.04 Å². The predicted molar refractivity (Wildman–Crippen MR) is 122 cm³/mol. The van der Waals surface area contributed by atoms with Crippen LogP contribution in [-0.4, -0.2) is 23.3 Å². The molecule has 1 amide bonds. The molecule has 0 saturated carbocycles. The fraction of sp³-hybridized carbons (Fsp3) is 0.480. The molecule has 0 aliphatic carbocycles. The molecule has 0 aromatic heterocycles. The molecular formula is C25H36N2O3. The van der Waals surface area contributed by atoms with Crippen LogP contribution in [0.3, 0.4) is 0 Å². The molecule has 3 N–H and O–H groups in total. The van der Waals surface area contributed by atoms with Gasteiger partial charge in [-0.3, -0.25) is 0 Å². The Morgan fingerprint density at radius 1 is 0.967 bits per heavy atom. The molecule has 0 saturated heterocycles. The molecule has 5 nitrogen and oxygen atoms in total. The topological polar surface area (TPSA) is 73.6 Å². The Hall–Kier alpha value is -2.53. The predicted octanol–water partition coefficient (Wildman–Crippen LogP) is 5.22. The first kappa shape index (κ1) is 23.7. The van der Waals surface area contributed by atoms with Gasteiger partial charge in [0.15, 0.2) is 0 Å². The maximum atomic E-state index is 12.4. The zero-order chi connectivity index (χ0) is 22.2. The van der Waals surface area contributed by atoms with E-state index in [4.69, 9.17) is 15.2 Å². The van der Waals surface area contributed by atoms with Crippen LogP contribution >= 0.6 is 0 Å². The lowest BCUT2D eigenvalue weighted by molar-refractivity contribution is 0.0473. The van der Waals surface area contributed by atoms with Crippen LogP contribution in [0.1, 0.15) is 58.6 Å². The zero-order valence-corrected chi connectivity index (χ0v) is 18.9. The lowest BCUT2D eigenvalue weighted by Crippen LogP contribution is -2.59. The normalized spacial score (nSPS) is 12.9. The van der Waals surface area contributed by atoms with Gasteiger partial charge in [-0.15, -0.1) is 0 Å². The molecule has 30 heavy (non-hydrogen) atoms. The second-order valence-corrected chi connectivity index (χ2v) is 8.76. The van der Waals surface area contributed by atoms with Gasteiger partial charge in [-0.1, -0.05) is 56.3 Å². The molecule has 2 aromatic rings. The molecule has 0 fully saturated rings. The molecular weight excluding hydrogens is 376 g/mol. The van der Waals surface area contributed by atoms with Crippen molar-refractivity contribution < 1.29 is 14.3 Å². The van der Waals surface area contributed by atoms with Gasteiger partial charge in [0, 0.05) is 5.54 Å². The Labute approximate surface area is 181 Å². The quantitative estimate of drug-likeness (QED) is 0.592. The van der Waals surface area contributed by atoms with Gasteiger partial charge >= 0.3 is 6.09 Å². The lowest BCUT2D eigenvalue weighted by atomic mass is 9.82. The van der Waals surface area contributed by atoms with E-state index in [1.807, 2.05) is 89.2 Å². The number of ether oxygens (including phenoxy) is 2. The fourth-order valence-corrected chi connectivity index (χ4v) is 3.29. The van der Waals surface area contributed by atoms with E-state index in [9.17, 15) is 4.79 Å². The summed E-state index contributed by atoms with van der Waals surface area (Å²) < 4.78 is 11.3. The molecule has 5 heteroatoms. The summed E-state index contributed by atoms with van der Waals surface area (Å²) in [5, 5.41) is 3.01. The van der Waals surface area contributed by atoms with Gasteiger partial charge in [0.1, 0.15) is 18.0 Å². The second kappa shape index (κ2) is 10.5. The molecule has 1 atom stereocenters. The van der Waals surface area contributed by atoms with E-state index in [1.54, 1.807) is 0 Å². The summed E-state index contributed by atoms with van der Waals surface area (Å²) in [5.41, 5.74) is 7.79. The van der Waals surface area contributed by atoms with Gasteiger partial charge < -0.3 is 20.5 Å². The van der Waals surface area contributed by atoms with Crippen molar-refractivity contribution in [2.24, 2.45) is 5.73 Å². The lowest BCUT2D eigenvalue weighted by Gasteiger charge is -2.37. The second-order valence-electron chi connectivity index (χ2n) is 8.76. The Morgan fingerprint density at radius 2 is 1.57 bits per heavy atom. The summed E-state index contributed by atoms with van der Waals surface area (Å²) in [5.74, 6) is 0.809. The number of amides is 1. The SMILES string of the molecule is CCC(N)(CC)C(Cc1ccc(OCc2ccccc2)cc1)NC(=O)OC(C)(C)C. The number of rotatable bonds is 9. The minimum Gasteiger partial charge on any atom is -0.489 e. The van der Waals surface area contributed by atoms with Gasteiger partial charge in [0.25, 0.3) is 0 Å². The highest BCUT2D eigenvalue weighted by Gasteiger charge is 2.34. The highest BCUT2D eigenvalue weighted by molar-refractivity contribution is 5.68. The van der Waals surface area contributed by atoms with Gasteiger partial charge in [-0.25, -0.2) is 4.79 Å². The minimum atomic E-state index is -0.554. The number of carbonyl (C=O) groups excluding carboxylic acids is 1. The van der Waals surface area contributed by atoms with Crippen LogP contribution in [0.15, 0.2) is 54.6 Å². The summed E-state index contributed by atoms with van der Waals surface area (Å²) in [6.45, 7) is 10.2. The number of hydrogen-bond acceptors (Lipinski definition) is 4. The Kier molecular flexibility index (Phi) is 8.30. The zero-order valence-electron chi connectivity index (χ0n) is 18.9. The molecule has 0 radical (unpaired) electrons. The van der Waals surface area contributed by atoms with Crippen molar-refractivity contribution in [2.75, 3.05) is 0 Å². The van der Waals surface area contributed by atoms with Crippen molar-refractivity contribution in [2.45, 2.75) is 77.7 Å². The Morgan fingerprint density at radius 3 is 2.10 bits per heavy atom. The average molecular weight is 413 g/mol. The van der Waals surface area contributed by atoms with Crippen molar-refractivity contribution in [3.8, 4) is 5.75 Å². The van der Waals surface area contributed by atoms with Crippen molar-refractivity contribution in [3.63, 3.8) is 0 Å². The first-order valence-corrected chi connectivity index (χ1v) is 10.7. The maximum absolute atomic E-state index is 12.4. The molecule has 0 spiro atoms. The van der Waals surface area contributed by atoms with Crippen LogP contribution in [0.5, 0.6) is 5.75 Å². The Balaban J connectivity index is 2.06. The van der Waals surface area contributed by atoms with E-state index < -0.39 is 17.2 Å². The summed E-state index contributed by atoms with van der Waals surface area (Å²) in [7, 11) is 0. The van der Waals surface area contributed by atoms with Crippen molar-refractivity contribution >= 4 is 6.09 Å². The van der Waals surface area contributed by atoms with E-state index in [-0.39, 0.29) is 6.04 Å². The van der Waals surface area contributed by atoms with E-state index in [2.05, 4.69) is 5.32 Å². The molecule has 0 aliphatic rings. The van der Waals surface area contributed by atoms with Crippen LogP contribution in [0.2, 0.25) is 0 Å². The average Bonchev–Trinajstić information content (AvgIpc) is 2.71. The molecule has 0 bridgehead atoms. The van der Waals surface area contributed by atoms with Gasteiger partial charge in [-0.2, -0.15) is 0 Å². The van der Waals surface area contributed by atoms with Crippen LogP contribution < -0.4 is 15.8 Å². The smallest absolute Gasteiger partial charge is 0.407 e. The van der Waals surface area contributed by atoms with Crippen LogP contribution in [0.4, 0.5) is 4.79 Å². The maximum Gasteiger partial charge on any atom is 0.407 e. The highest BCUT2D eigenvalue weighted by atomic mass is 16.6. The standard InChI is InChI=1S/C25H36N2O3/c1-6-25(26,7-2)22(27-23(28)30-24(3,4)5)17-19-13-15-21(16-14-19)29-18-20-11-9-8-10-12-20/h8-16,22H,6-7,17-18,26H2,1-5H3,(H,27,28). The first-order valence-electron chi connectivity index (χ1n) is 10.7. The third kappa shape index (κ3) is 7.38. The van der Waals surface area contributed by atoms with Crippen LogP contribution in [0, 0.1) is 0 Å². The first-order chi connectivity index (χ1) is 14.1. The number of alkyl carbamates (subject to hydrolysis) is 1. The van der Waals surface area contributed by atoms with Gasteiger partial charge in [0.2, 0.25) is 0 Å².